The first kappa shape index (κ1) is 15.3. The molecule has 0 amide bonds. The summed E-state index contributed by atoms with van der Waals surface area (Å²) in [5, 5.41) is 13.0. The maximum absolute atomic E-state index is 9.55. The number of nitrogens with zero attached hydrogens (tertiary/aromatic N) is 1. The molecule has 1 aromatic carbocycles. The molecule has 0 saturated carbocycles. The average Bonchev–Trinajstić information content (AvgIpc) is 2.48. The molecule has 4 heteroatoms. The van der Waals surface area contributed by atoms with Gasteiger partial charge in [0.15, 0.2) is 0 Å². The predicted octanol–water partition coefficient (Wildman–Crippen LogP) is 1.94. The van der Waals surface area contributed by atoms with Crippen LogP contribution in [0.2, 0.25) is 0 Å². The van der Waals surface area contributed by atoms with E-state index in [1.54, 1.807) is 7.11 Å². The van der Waals surface area contributed by atoms with Gasteiger partial charge >= 0.3 is 0 Å². The summed E-state index contributed by atoms with van der Waals surface area (Å²) in [6, 6.07) is 9.07. The largest absolute Gasteiger partial charge is 0.393 e. The molecule has 20 heavy (non-hydrogen) atoms. The quantitative estimate of drug-likeness (QED) is 0.781. The molecular weight excluding hydrogens is 252 g/mol. The first-order chi connectivity index (χ1) is 9.70. The van der Waals surface area contributed by atoms with Gasteiger partial charge in [-0.1, -0.05) is 12.1 Å². The average molecular weight is 278 g/mol. The second-order valence-corrected chi connectivity index (χ2v) is 5.48. The van der Waals surface area contributed by atoms with Gasteiger partial charge in [0.05, 0.1) is 12.7 Å². The van der Waals surface area contributed by atoms with Crippen LogP contribution in [0.1, 0.15) is 31.4 Å². The van der Waals surface area contributed by atoms with E-state index >= 15 is 0 Å². The predicted molar refractivity (Wildman–Crippen MR) is 82.2 cm³/mol. The Kier molecular flexibility index (Phi) is 5.83. The highest BCUT2D eigenvalue weighted by Crippen LogP contribution is 2.22. The van der Waals surface area contributed by atoms with Gasteiger partial charge < -0.3 is 20.1 Å². The molecule has 0 bridgehead atoms. The summed E-state index contributed by atoms with van der Waals surface area (Å²) in [5.41, 5.74) is 2.55. The summed E-state index contributed by atoms with van der Waals surface area (Å²) in [4.78, 5) is 2.35. The summed E-state index contributed by atoms with van der Waals surface area (Å²) in [5.74, 6) is 0. The molecule has 0 aliphatic carbocycles. The van der Waals surface area contributed by atoms with Gasteiger partial charge in [-0.25, -0.2) is 0 Å². The number of hydrogen-bond acceptors (Lipinski definition) is 4. The number of benzene rings is 1. The molecule has 1 aromatic rings. The molecule has 0 aromatic heterocycles. The lowest BCUT2D eigenvalue weighted by molar-refractivity contribution is 0.145. The van der Waals surface area contributed by atoms with E-state index in [0.29, 0.717) is 6.04 Å². The van der Waals surface area contributed by atoms with Crippen LogP contribution in [-0.4, -0.2) is 44.6 Å². The van der Waals surface area contributed by atoms with Gasteiger partial charge in [-0.15, -0.1) is 0 Å². The molecule has 2 N–H and O–H groups in total. The van der Waals surface area contributed by atoms with E-state index in [2.05, 4.69) is 41.4 Å². The molecule has 1 fully saturated rings. The van der Waals surface area contributed by atoms with E-state index in [1.807, 2.05) is 0 Å². The molecule has 1 aliphatic heterocycles. The maximum Gasteiger partial charge on any atom is 0.0587 e. The van der Waals surface area contributed by atoms with E-state index in [4.69, 9.17) is 4.74 Å². The van der Waals surface area contributed by atoms with Crippen molar-refractivity contribution in [2.24, 2.45) is 0 Å². The zero-order chi connectivity index (χ0) is 14.4. The molecule has 112 valence electrons. The van der Waals surface area contributed by atoms with E-state index in [-0.39, 0.29) is 6.10 Å². The van der Waals surface area contributed by atoms with Crippen molar-refractivity contribution in [3.05, 3.63) is 29.8 Å². The minimum atomic E-state index is -0.115. The first-order valence-electron chi connectivity index (χ1n) is 7.46. The SMILES string of the molecule is COCCNC(C)c1ccc(N2CCC(O)CC2)cc1. The van der Waals surface area contributed by atoms with Crippen LogP contribution in [0.3, 0.4) is 0 Å². The number of aliphatic hydroxyl groups excluding tert-OH is 1. The van der Waals surface area contributed by atoms with Crippen LogP contribution in [0, 0.1) is 0 Å². The molecule has 0 radical (unpaired) electrons. The first-order valence-corrected chi connectivity index (χ1v) is 7.46. The standard InChI is InChI=1S/C16H26N2O2/c1-13(17-9-12-20-2)14-3-5-15(6-4-14)18-10-7-16(19)8-11-18/h3-6,13,16-17,19H,7-12H2,1-2H3. The fourth-order valence-corrected chi connectivity index (χ4v) is 2.59. The Morgan fingerprint density at radius 3 is 2.55 bits per heavy atom. The van der Waals surface area contributed by atoms with Crippen molar-refractivity contribution in [3.63, 3.8) is 0 Å². The number of anilines is 1. The lowest BCUT2D eigenvalue weighted by atomic mass is 10.0. The molecule has 2 rings (SSSR count). The summed E-state index contributed by atoms with van der Waals surface area (Å²) < 4.78 is 5.05. The fourth-order valence-electron chi connectivity index (χ4n) is 2.59. The third-order valence-corrected chi connectivity index (χ3v) is 3.98. The Morgan fingerprint density at radius 2 is 1.95 bits per heavy atom. The third-order valence-electron chi connectivity index (χ3n) is 3.98. The topological polar surface area (TPSA) is 44.7 Å². The van der Waals surface area contributed by atoms with Crippen LogP contribution in [0.25, 0.3) is 0 Å². The Bertz CT molecular complexity index is 386. The Morgan fingerprint density at radius 1 is 1.30 bits per heavy atom. The Balaban J connectivity index is 1.89. The van der Waals surface area contributed by atoms with Gasteiger partial charge in [-0.3, -0.25) is 0 Å². The van der Waals surface area contributed by atoms with Crippen LogP contribution in [0.15, 0.2) is 24.3 Å². The molecule has 1 unspecified atom stereocenters. The maximum atomic E-state index is 9.55. The summed E-state index contributed by atoms with van der Waals surface area (Å²) >= 11 is 0. The number of methoxy groups -OCH3 is 1. The third kappa shape index (κ3) is 4.20. The van der Waals surface area contributed by atoms with Gasteiger partial charge in [0.25, 0.3) is 0 Å². The lowest BCUT2D eigenvalue weighted by Gasteiger charge is -2.31. The minimum Gasteiger partial charge on any atom is -0.393 e. The summed E-state index contributed by atoms with van der Waals surface area (Å²) in [6.45, 7) is 5.66. The van der Waals surface area contributed by atoms with Gasteiger partial charge in [0.2, 0.25) is 0 Å². The molecule has 1 heterocycles. The monoisotopic (exact) mass is 278 g/mol. The summed E-state index contributed by atoms with van der Waals surface area (Å²) in [6.07, 6.45) is 1.63. The molecule has 1 atom stereocenters. The number of piperidine rings is 1. The highest BCUT2D eigenvalue weighted by molar-refractivity contribution is 5.48. The van der Waals surface area contributed by atoms with Crippen LogP contribution in [0.4, 0.5) is 5.69 Å². The van der Waals surface area contributed by atoms with Gasteiger partial charge in [-0.05, 0) is 37.5 Å². The van der Waals surface area contributed by atoms with Crippen LogP contribution < -0.4 is 10.2 Å². The van der Waals surface area contributed by atoms with Crippen molar-refractivity contribution in [1.82, 2.24) is 5.32 Å². The number of hydrogen-bond donors (Lipinski definition) is 2. The molecule has 1 aliphatic rings. The zero-order valence-electron chi connectivity index (χ0n) is 12.5. The second kappa shape index (κ2) is 7.62. The highest BCUT2D eigenvalue weighted by Gasteiger charge is 2.17. The molecule has 0 spiro atoms. The minimum absolute atomic E-state index is 0.115. The normalized spacial score (nSPS) is 18.2. The number of nitrogens with one attached hydrogen (secondary N) is 1. The Labute approximate surface area is 121 Å². The smallest absolute Gasteiger partial charge is 0.0587 e. The summed E-state index contributed by atoms with van der Waals surface area (Å²) in [7, 11) is 1.72. The molecular formula is C16H26N2O2. The van der Waals surface area contributed by atoms with Crippen molar-refractivity contribution >= 4 is 5.69 Å². The number of aliphatic hydroxyl groups is 1. The van der Waals surface area contributed by atoms with E-state index in [0.717, 1.165) is 39.1 Å². The van der Waals surface area contributed by atoms with E-state index < -0.39 is 0 Å². The number of ether oxygens (including phenoxy) is 1. The van der Waals surface area contributed by atoms with Crippen LogP contribution in [-0.2, 0) is 4.74 Å². The Hall–Kier alpha value is -1.10. The van der Waals surface area contributed by atoms with Gasteiger partial charge in [0.1, 0.15) is 0 Å². The van der Waals surface area contributed by atoms with Gasteiger partial charge in [0, 0.05) is 38.5 Å². The van der Waals surface area contributed by atoms with E-state index in [1.165, 1.54) is 11.3 Å². The van der Waals surface area contributed by atoms with Crippen molar-refractivity contribution in [2.45, 2.75) is 31.9 Å². The molecule has 1 saturated heterocycles. The van der Waals surface area contributed by atoms with Gasteiger partial charge in [-0.2, -0.15) is 0 Å². The number of rotatable bonds is 6. The van der Waals surface area contributed by atoms with Crippen molar-refractivity contribution in [2.75, 3.05) is 38.3 Å². The lowest BCUT2D eigenvalue weighted by Crippen LogP contribution is -2.35. The molecule has 4 nitrogen and oxygen atoms in total. The van der Waals surface area contributed by atoms with Crippen molar-refractivity contribution < 1.29 is 9.84 Å². The zero-order valence-corrected chi connectivity index (χ0v) is 12.5. The fraction of sp³-hybridized carbons (Fsp3) is 0.625. The van der Waals surface area contributed by atoms with Crippen LogP contribution >= 0.6 is 0 Å². The second-order valence-electron chi connectivity index (χ2n) is 5.48. The van der Waals surface area contributed by atoms with Crippen LogP contribution in [0.5, 0.6) is 0 Å². The van der Waals surface area contributed by atoms with E-state index in [9.17, 15) is 5.11 Å². The highest BCUT2D eigenvalue weighted by atomic mass is 16.5. The van der Waals surface area contributed by atoms with Crippen molar-refractivity contribution in [1.29, 1.82) is 0 Å². The van der Waals surface area contributed by atoms with Crippen molar-refractivity contribution in [3.8, 4) is 0 Å².